The minimum Gasteiger partial charge on any atom is -0.268 e. The molecule has 3 rings (SSSR count). The average Bonchev–Trinajstić information content (AvgIpc) is 2.86. The predicted molar refractivity (Wildman–Crippen MR) is 98.7 cm³/mol. The van der Waals surface area contributed by atoms with Crippen LogP contribution in [0.15, 0.2) is 51.8 Å². The van der Waals surface area contributed by atoms with Gasteiger partial charge in [-0.05, 0) is 41.6 Å². The van der Waals surface area contributed by atoms with Crippen molar-refractivity contribution in [3.8, 4) is 0 Å². The van der Waals surface area contributed by atoms with Crippen LogP contribution in [0.25, 0.3) is 6.08 Å². The third-order valence-electron chi connectivity index (χ3n) is 3.61. The lowest BCUT2D eigenvalue weighted by atomic mass is 10.2. The van der Waals surface area contributed by atoms with E-state index in [0.717, 1.165) is 16.7 Å². The lowest BCUT2D eigenvalue weighted by Gasteiger charge is -2.12. The molecule has 0 N–H and O–H groups in total. The van der Waals surface area contributed by atoms with Crippen molar-refractivity contribution in [3.63, 3.8) is 0 Å². The van der Waals surface area contributed by atoms with Crippen LogP contribution in [0.3, 0.4) is 0 Å². The van der Waals surface area contributed by atoms with E-state index in [2.05, 4.69) is 15.9 Å². The Hall–Kier alpha value is -2.52. The molecule has 1 fully saturated rings. The zero-order valence-electron chi connectivity index (χ0n) is 13.0. The molecule has 1 saturated heterocycles. The fourth-order valence-electron chi connectivity index (χ4n) is 2.31. The number of hydrogen-bond acceptors (Lipinski definition) is 5. The van der Waals surface area contributed by atoms with Gasteiger partial charge in [-0.15, -0.1) is 0 Å². The van der Waals surface area contributed by atoms with Crippen LogP contribution in [-0.4, -0.2) is 21.0 Å². The Morgan fingerprint density at radius 3 is 2.54 bits per heavy atom. The number of nitro benzene ring substituents is 1. The van der Waals surface area contributed by atoms with Crippen molar-refractivity contribution in [1.29, 1.82) is 0 Å². The fraction of sp³-hybridized carbons (Fsp3) is 0.0588. The van der Waals surface area contributed by atoms with Crippen LogP contribution in [0, 0.1) is 15.9 Å². The molecule has 0 unspecified atom stereocenters. The maximum absolute atomic E-state index is 13.9. The summed E-state index contributed by atoms with van der Waals surface area (Å²) in [5, 5.41) is 10.2. The Morgan fingerprint density at radius 1 is 1.19 bits per heavy atom. The molecule has 6 nitrogen and oxygen atoms in total. The summed E-state index contributed by atoms with van der Waals surface area (Å²) in [4.78, 5) is 35.9. The fourth-order valence-corrected chi connectivity index (χ4v) is 3.52. The number of hydrogen-bond donors (Lipinski definition) is 0. The number of benzene rings is 2. The molecule has 0 radical (unpaired) electrons. The van der Waals surface area contributed by atoms with Crippen molar-refractivity contribution < 1.29 is 18.9 Å². The van der Waals surface area contributed by atoms with E-state index in [1.807, 2.05) is 0 Å². The first-order valence-corrected chi connectivity index (χ1v) is 8.90. The van der Waals surface area contributed by atoms with Gasteiger partial charge in [0.05, 0.1) is 16.4 Å². The van der Waals surface area contributed by atoms with Gasteiger partial charge in [0.2, 0.25) is 0 Å². The van der Waals surface area contributed by atoms with Crippen molar-refractivity contribution in [2.75, 3.05) is 0 Å². The SMILES string of the molecule is O=C1S/C(=C\c2cc(Br)ccc2F)C(=O)N1Cc1ccc([N+](=O)[O-])cc1. The zero-order valence-corrected chi connectivity index (χ0v) is 15.4. The Kier molecular flexibility index (Phi) is 5.19. The monoisotopic (exact) mass is 436 g/mol. The second-order valence-corrected chi connectivity index (χ2v) is 7.27. The van der Waals surface area contributed by atoms with Gasteiger partial charge in [0.1, 0.15) is 5.82 Å². The number of nitro groups is 1. The highest BCUT2D eigenvalue weighted by Crippen LogP contribution is 2.34. The number of rotatable bonds is 4. The van der Waals surface area contributed by atoms with Gasteiger partial charge in [-0.2, -0.15) is 0 Å². The molecule has 0 aromatic heterocycles. The molecule has 26 heavy (non-hydrogen) atoms. The molecule has 1 heterocycles. The van der Waals surface area contributed by atoms with Crippen LogP contribution in [-0.2, 0) is 11.3 Å². The number of non-ortho nitro benzene ring substituents is 1. The maximum atomic E-state index is 13.9. The number of carbonyl (C=O) groups excluding carboxylic acids is 2. The first-order valence-electron chi connectivity index (χ1n) is 7.29. The summed E-state index contributed by atoms with van der Waals surface area (Å²) in [6.45, 7) is -0.0129. The van der Waals surface area contributed by atoms with E-state index in [1.165, 1.54) is 48.5 Å². The highest BCUT2D eigenvalue weighted by atomic mass is 79.9. The van der Waals surface area contributed by atoms with Crippen LogP contribution < -0.4 is 0 Å². The predicted octanol–water partition coefficient (Wildman–Crippen LogP) is 4.73. The number of imide groups is 1. The second kappa shape index (κ2) is 7.38. The molecule has 9 heteroatoms. The largest absolute Gasteiger partial charge is 0.293 e. The Bertz CT molecular complexity index is 946. The van der Waals surface area contributed by atoms with Crippen molar-refractivity contribution in [3.05, 3.63) is 78.9 Å². The normalized spacial score (nSPS) is 15.8. The van der Waals surface area contributed by atoms with Gasteiger partial charge in [0.25, 0.3) is 16.8 Å². The molecule has 0 atom stereocenters. The topological polar surface area (TPSA) is 80.5 Å². The summed E-state index contributed by atoms with van der Waals surface area (Å²) in [5.74, 6) is -1.03. The van der Waals surface area contributed by atoms with E-state index in [0.29, 0.717) is 10.0 Å². The molecular formula is C17H10BrFN2O4S. The zero-order chi connectivity index (χ0) is 18.8. The van der Waals surface area contributed by atoms with E-state index < -0.39 is 21.9 Å². The van der Waals surface area contributed by atoms with Crippen molar-refractivity contribution >= 4 is 50.6 Å². The summed E-state index contributed by atoms with van der Waals surface area (Å²) < 4.78 is 14.5. The van der Waals surface area contributed by atoms with Crippen molar-refractivity contribution in [1.82, 2.24) is 4.90 Å². The van der Waals surface area contributed by atoms with Crippen molar-refractivity contribution in [2.45, 2.75) is 6.54 Å². The molecule has 2 aromatic carbocycles. The minimum absolute atomic E-state index is 0.0129. The van der Waals surface area contributed by atoms with Crippen LogP contribution in [0.4, 0.5) is 14.9 Å². The first kappa shape index (κ1) is 18.3. The van der Waals surface area contributed by atoms with Crippen LogP contribution in [0.5, 0.6) is 0 Å². The summed E-state index contributed by atoms with van der Waals surface area (Å²) in [6, 6.07) is 9.89. The molecule has 0 saturated carbocycles. The molecule has 0 spiro atoms. The highest BCUT2D eigenvalue weighted by Gasteiger charge is 2.35. The molecule has 1 aliphatic heterocycles. The highest BCUT2D eigenvalue weighted by molar-refractivity contribution is 9.10. The summed E-state index contributed by atoms with van der Waals surface area (Å²) in [6.07, 6.45) is 1.33. The van der Waals surface area contributed by atoms with Crippen LogP contribution in [0.2, 0.25) is 0 Å². The van der Waals surface area contributed by atoms with Gasteiger partial charge in [0, 0.05) is 22.2 Å². The summed E-state index contributed by atoms with van der Waals surface area (Å²) in [5.41, 5.74) is 0.695. The number of carbonyl (C=O) groups is 2. The molecule has 2 aromatic rings. The van der Waals surface area contributed by atoms with E-state index in [-0.39, 0.29) is 22.7 Å². The standard InChI is InChI=1S/C17H10BrFN2O4S/c18-12-3-6-14(19)11(7-12)8-15-16(22)20(17(23)26-15)9-10-1-4-13(5-2-10)21(24)25/h1-8H,9H2/b15-8-. The van der Waals surface area contributed by atoms with Crippen LogP contribution in [0.1, 0.15) is 11.1 Å². The van der Waals surface area contributed by atoms with Crippen molar-refractivity contribution in [2.24, 2.45) is 0 Å². The Labute approximate surface area is 160 Å². The van der Waals surface area contributed by atoms with Gasteiger partial charge in [0.15, 0.2) is 0 Å². The third-order valence-corrected chi connectivity index (χ3v) is 5.01. The summed E-state index contributed by atoms with van der Waals surface area (Å²) in [7, 11) is 0. The number of thioether (sulfide) groups is 1. The Morgan fingerprint density at radius 2 is 1.88 bits per heavy atom. The average molecular weight is 437 g/mol. The van der Waals surface area contributed by atoms with E-state index >= 15 is 0 Å². The van der Waals surface area contributed by atoms with Crippen LogP contribution >= 0.6 is 27.7 Å². The lowest BCUT2D eigenvalue weighted by molar-refractivity contribution is -0.384. The summed E-state index contributed by atoms with van der Waals surface area (Å²) >= 11 is 3.96. The molecule has 0 aliphatic carbocycles. The van der Waals surface area contributed by atoms with E-state index in [1.54, 1.807) is 0 Å². The van der Waals surface area contributed by atoms with E-state index in [4.69, 9.17) is 0 Å². The molecule has 2 amide bonds. The second-order valence-electron chi connectivity index (χ2n) is 5.36. The van der Waals surface area contributed by atoms with E-state index in [9.17, 15) is 24.1 Å². The van der Waals surface area contributed by atoms with Gasteiger partial charge >= 0.3 is 0 Å². The van der Waals surface area contributed by atoms with Gasteiger partial charge in [-0.25, -0.2) is 4.39 Å². The minimum atomic E-state index is -0.530. The molecule has 0 bridgehead atoms. The smallest absolute Gasteiger partial charge is 0.268 e. The third kappa shape index (κ3) is 3.83. The van der Waals surface area contributed by atoms with Gasteiger partial charge in [-0.3, -0.25) is 24.6 Å². The number of nitrogens with zero attached hydrogens (tertiary/aromatic N) is 2. The maximum Gasteiger partial charge on any atom is 0.293 e. The molecule has 1 aliphatic rings. The number of halogens is 2. The number of amides is 2. The molecular weight excluding hydrogens is 427 g/mol. The van der Waals surface area contributed by atoms with Gasteiger partial charge < -0.3 is 0 Å². The lowest BCUT2D eigenvalue weighted by Crippen LogP contribution is -2.27. The Balaban J connectivity index is 1.81. The van der Waals surface area contributed by atoms with Gasteiger partial charge in [-0.1, -0.05) is 28.1 Å². The quantitative estimate of drug-likeness (QED) is 0.393. The first-order chi connectivity index (χ1) is 12.3. The molecule has 132 valence electrons.